The molecule has 6 nitrogen and oxygen atoms in total. The molecule has 7 heteroatoms. The van der Waals surface area contributed by atoms with Crippen LogP contribution in [-0.2, 0) is 14.0 Å². The third kappa shape index (κ3) is 4.72. The van der Waals surface area contributed by atoms with Gasteiger partial charge in [0.05, 0.1) is 11.2 Å². The summed E-state index contributed by atoms with van der Waals surface area (Å²) >= 11 is 0. The molecule has 1 aromatic carbocycles. The van der Waals surface area contributed by atoms with Gasteiger partial charge >= 0.3 is 13.2 Å². The summed E-state index contributed by atoms with van der Waals surface area (Å²) in [6.07, 6.45) is 1.56. The van der Waals surface area contributed by atoms with E-state index >= 15 is 0 Å². The van der Waals surface area contributed by atoms with Crippen molar-refractivity contribution in [3.63, 3.8) is 0 Å². The lowest BCUT2D eigenvalue weighted by atomic mass is 9.75. The SMILES string of the molecule is CC(C)(C)OC(=O)N1CCC(c2ccc(N)c(B3OC(C)(C)C(C)(C)O3)c2)CC1. The Labute approximate surface area is 175 Å². The topological polar surface area (TPSA) is 74.0 Å². The molecule has 3 rings (SSSR count). The molecule has 2 fully saturated rings. The Morgan fingerprint density at radius 2 is 1.69 bits per heavy atom. The van der Waals surface area contributed by atoms with Gasteiger partial charge < -0.3 is 24.7 Å². The smallest absolute Gasteiger partial charge is 0.444 e. The molecule has 0 spiro atoms. The van der Waals surface area contributed by atoms with Crippen LogP contribution >= 0.6 is 0 Å². The van der Waals surface area contributed by atoms with Crippen LogP contribution in [0.25, 0.3) is 0 Å². The molecular formula is C22H35BN2O4. The van der Waals surface area contributed by atoms with Crippen molar-refractivity contribution in [1.82, 2.24) is 4.90 Å². The Hall–Kier alpha value is -1.73. The average molecular weight is 402 g/mol. The normalized spacial score (nSPS) is 22.0. The highest BCUT2D eigenvalue weighted by Gasteiger charge is 2.52. The molecule has 0 bridgehead atoms. The summed E-state index contributed by atoms with van der Waals surface area (Å²) in [5.41, 5.74) is 7.77. The highest BCUT2D eigenvalue weighted by molar-refractivity contribution is 6.63. The molecule has 0 aliphatic carbocycles. The van der Waals surface area contributed by atoms with Crippen LogP contribution in [0.2, 0.25) is 0 Å². The standard InChI is InChI=1S/C22H35BN2O4/c1-20(2,3)27-19(26)25-12-10-15(11-13-25)16-8-9-18(24)17(14-16)23-28-21(4,5)22(6,7)29-23/h8-9,14-15H,10-13,24H2,1-7H3. The first kappa shape index (κ1) is 22.0. The van der Waals surface area contributed by atoms with Gasteiger partial charge in [0, 0.05) is 24.2 Å². The monoisotopic (exact) mass is 402 g/mol. The third-order valence-corrected chi connectivity index (χ3v) is 6.24. The van der Waals surface area contributed by atoms with Gasteiger partial charge in [-0.15, -0.1) is 0 Å². The first-order chi connectivity index (χ1) is 13.3. The number of hydrogen-bond donors (Lipinski definition) is 1. The number of amides is 1. The summed E-state index contributed by atoms with van der Waals surface area (Å²) in [6.45, 7) is 15.2. The van der Waals surface area contributed by atoms with E-state index in [-0.39, 0.29) is 6.09 Å². The Bertz CT molecular complexity index is 749. The van der Waals surface area contributed by atoms with Crippen LogP contribution in [0.3, 0.4) is 0 Å². The number of likely N-dealkylation sites (tertiary alicyclic amines) is 1. The van der Waals surface area contributed by atoms with Gasteiger partial charge in [-0.3, -0.25) is 0 Å². The first-order valence-corrected chi connectivity index (χ1v) is 10.5. The van der Waals surface area contributed by atoms with Crippen LogP contribution in [0.15, 0.2) is 18.2 Å². The molecule has 0 saturated carbocycles. The van der Waals surface area contributed by atoms with Gasteiger partial charge in [0.15, 0.2) is 0 Å². The van der Waals surface area contributed by atoms with Gasteiger partial charge in [-0.05, 0) is 78.9 Å². The van der Waals surface area contributed by atoms with Crippen molar-refractivity contribution in [3.8, 4) is 0 Å². The summed E-state index contributed by atoms with van der Waals surface area (Å²) in [7, 11) is -0.471. The van der Waals surface area contributed by atoms with E-state index in [1.165, 1.54) is 5.56 Å². The molecule has 2 heterocycles. The molecule has 29 heavy (non-hydrogen) atoms. The molecule has 1 amide bonds. The van der Waals surface area contributed by atoms with Crippen molar-refractivity contribution in [3.05, 3.63) is 23.8 Å². The molecule has 2 aliphatic heterocycles. The molecule has 0 aromatic heterocycles. The second kappa shape index (κ2) is 7.51. The maximum Gasteiger partial charge on any atom is 0.496 e. The maximum absolute atomic E-state index is 12.3. The minimum atomic E-state index is -0.471. The number of benzene rings is 1. The number of carbonyl (C=O) groups is 1. The van der Waals surface area contributed by atoms with Gasteiger partial charge in [0.25, 0.3) is 0 Å². The Morgan fingerprint density at radius 3 is 2.21 bits per heavy atom. The summed E-state index contributed by atoms with van der Waals surface area (Å²) < 4.78 is 17.9. The van der Waals surface area contributed by atoms with Crippen molar-refractivity contribution < 1.29 is 18.8 Å². The molecular weight excluding hydrogens is 367 g/mol. The minimum absolute atomic E-state index is 0.230. The number of piperidine rings is 1. The largest absolute Gasteiger partial charge is 0.496 e. The quantitative estimate of drug-likeness (QED) is 0.604. The fourth-order valence-electron chi connectivity index (χ4n) is 3.74. The summed E-state index contributed by atoms with van der Waals surface area (Å²) in [5, 5.41) is 0. The van der Waals surface area contributed by atoms with Crippen LogP contribution < -0.4 is 11.2 Å². The van der Waals surface area contributed by atoms with E-state index in [4.69, 9.17) is 19.8 Å². The number of nitrogen functional groups attached to an aromatic ring is 1. The lowest BCUT2D eigenvalue weighted by Gasteiger charge is -2.33. The lowest BCUT2D eigenvalue weighted by molar-refractivity contribution is 0.00578. The van der Waals surface area contributed by atoms with E-state index in [9.17, 15) is 4.79 Å². The van der Waals surface area contributed by atoms with E-state index < -0.39 is 23.9 Å². The summed E-state index contributed by atoms with van der Waals surface area (Å²) in [4.78, 5) is 14.1. The molecule has 2 N–H and O–H groups in total. The van der Waals surface area contributed by atoms with Crippen LogP contribution in [0.5, 0.6) is 0 Å². The number of rotatable bonds is 2. The van der Waals surface area contributed by atoms with E-state index in [0.717, 1.165) is 18.3 Å². The van der Waals surface area contributed by atoms with Crippen molar-refractivity contribution in [2.45, 2.75) is 84.0 Å². The zero-order valence-electron chi connectivity index (χ0n) is 18.9. The zero-order chi connectivity index (χ0) is 21.6. The van der Waals surface area contributed by atoms with E-state index in [0.29, 0.717) is 24.7 Å². The average Bonchev–Trinajstić information content (AvgIpc) is 2.81. The van der Waals surface area contributed by atoms with E-state index in [2.05, 4.69) is 12.1 Å². The molecule has 0 unspecified atom stereocenters. The summed E-state index contributed by atoms with van der Waals surface area (Å²) in [5.74, 6) is 0.371. The second-order valence-corrected chi connectivity index (χ2v) is 10.2. The Kier molecular flexibility index (Phi) is 5.69. The van der Waals surface area contributed by atoms with Crippen LogP contribution in [0.1, 0.15) is 72.8 Å². The zero-order valence-corrected chi connectivity index (χ0v) is 18.9. The highest BCUT2D eigenvalue weighted by Crippen LogP contribution is 2.37. The molecule has 1 aromatic rings. The fourth-order valence-corrected chi connectivity index (χ4v) is 3.74. The third-order valence-electron chi connectivity index (χ3n) is 6.24. The van der Waals surface area contributed by atoms with Gasteiger partial charge in [0.1, 0.15) is 5.60 Å². The minimum Gasteiger partial charge on any atom is -0.444 e. The maximum atomic E-state index is 12.3. The van der Waals surface area contributed by atoms with Gasteiger partial charge in [-0.2, -0.15) is 0 Å². The van der Waals surface area contributed by atoms with Crippen molar-refractivity contribution >= 4 is 24.4 Å². The Morgan fingerprint density at radius 1 is 1.14 bits per heavy atom. The molecule has 0 radical (unpaired) electrons. The number of nitrogens with zero attached hydrogens (tertiary/aromatic N) is 1. The summed E-state index contributed by atoms with van der Waals surface area (Å²) in [6, 6.07) is 6.14. The fraction of sp³-hybridized carbons (Fsp3) is 0.682. The van der Waals surface area contributed by atoms with Gasteiger partial charge in [-0.1, -0.05) is 12.1 Å². The van der Waals surface area contributed by atoms with Crippen molar-refractivity contribution in [2.24, 2.45) is 0 Å². The Balaban J connectivity index is 1.69. The van der Waals surface area contributed by atoms with Crippen LogP contribution in [0, 0.1) is 0 Å². The molecule has 2 aliphatic rings. The number of nitrogens with two attached hydrogens (primary N) is 1. The van der Waals surface area contributed by atoms with Crippen molar-refractivity contribution in [2.75, 3.05) is 18.8 Å². The number of hydrogen-bond acceptors (Lipinski definition) is 5. The van der Waals surface area contributed by atoms with Crippen molar-refractivity contribution in [1.29, 1.82) is 0 Å². The van der Waals surface area contributed by atoms with E-state index in [1.807, 2.05) is 54.5 Å². The van der Waals surface area contributed by atoms with E-state index in [1.54, 1.807) is 4.90 Å². The second-order valence-electron chi connectivity index (χ2n) is 10.2. The first-order valence-electron chi connectivity index (χ1n) is 10.5. The molecule has 160 valence electrons. The number of carbonyl (C=O) groups excluding carboxylic acids is 1. The van der Waals surface area contributed by atoms with Gasteiger partial charge in [-0.25, -0.2) is 4.79 Å². The molecule has 2 saturated heterocycles. The number of anilines is 1. The van der Waals surface area contributed by atoms with Gasteiger partial charge in [0.2, 0.25) is 0 Å². The lowest BCUT2D eigenvalue weighted by Crippen LogP contribution is -2.41. The molecule has 0 atom stereocenters. The predicted octanol–water partition coefficient (Wildman–Crippen LogP) is 3.68. The van der Waals surface area contributed by atoms with Crippen LogP contribution in [-0.4, -0.2) is 48.0 Å². The predicted molar refractivity (Wildman–Crippen MR) is 116 cm³/mol. The number of ether oxygens (including phenoxy) is 1. The van der Waals surface area contributed by atoms with Crippen LogP contribution in [0.4, 0.5) is 10.5 Å². The highest BCUT2D eigenvalue weighted by atomic mass is 16.7.